The van der Waals surface area contributed by atoms with Crippen molar-refractivity contribution in [1.29, 1.82) is 0 Å². The monoisotopic (exact) mass is 252 g/mol. The first-order chi connectivity index (χ1) is 8.31. The number of aromatic nitrogens is 2. The maximum absolute atomic E-state index is 6.05. The number of hydrogen-bond acceptors (Lipinski definition) is 3. The van der Waals surface area contributed by atoms with E-state index in [4.69, 9.17) is 16.3 Å². The van der Waals surface area contributed by atoms with Gasteiger partial charge in [0.25, 0.3) is 0 Å². The van der Waals surface area contributed by atoms with Crippen LogP contribution in [0.25, 0.3) is 0 Å². The first-order valence-electron chi connectivity index (χ1n) is 6.46. The third-order valence-electron chi connectivity index (χ3n) is 3.44. The summed E-state index contributed by atoms with van der Waals surface area (Å²) in [5, 5.41) is 0.577. The zero-order valence-corrected chi connectivity index (χ0v) is 10.6. The van der Waals surface area contributed by atoms with Gasteiger partial charge in [0.05, 0.1) is 6.10 Å². The van der Waals surface area contributed by atoms with E-state index in [-0.39, 0.29) is 6.10 Å². The van der Waals surface area contributed by atoms with Crippen molar-refractivity contribution in [1.82, 2.24) is 9.97 Å². The van der Waals surface area contributed by atoms with Crippen LogP contribution in [-0.2, 0) is 11.2 Å². The van der Waals surface area contributed by atoms with Gasteiger partial charge in [-0.3, -0.25) is 0 Å². The highest BCUT2D eigenvalue weighted by Crippen LogP contribution is 2.39. The first kappa shape index (κ1) is 11.4. The molecule has 1 aliphatic carbocycles. The first-order valence-corrected chi connectivity index (χ1v) is 6.84. The second kappa shape index (κ2) is 4.91. The fourth-order valence-electron chi connectivity index (χ4n) is 2.34. The summed E-state index contributed by atoms with van der Waals surface area (Å²) in [6.07, 6.45) is 7.13. The van der Waals surface area contributed by atoms with E-state index in [2.05, 4.69) is 9.97 Å². The molecule has 0 N–H and O–H groups in total. The Balaban J connectivity index is 1.72. The number of hydrogen-bond donors (Lipinski definition) is 0. The van der Waals surface area contributed by atoms with Crippen molar-refractivity contribution >= 4 is 11.6 Å². The minimum absolute atomic E-state index is 0.286. The molecule has 1 saturated heterocycles. The normalized spacial score (nSPS) is 24.9. The van der Waals surface area contributed by atoms with Crippen molar-refractivity contribution < 1.29 is 4.74 Å². The van der Waals surface area contributed by atoms with Gasteiger partial charge in [-0.15, -0.1) is 0 Å². The summed E-state index contributed by atoms with van der Waals surface area (Å²) in [6.45, 7) is 0.876. The molecule has 2 heterocycles. The van der Waals surface area contributed by atoms with Crippen molar-refractivity contribution in [3.63, 3.8) is 0 Å². The van der Waals surface area contributed by atoms with Gasteiger partial charge in [-0.1, -0.05) is 11.6 Å². The van der Waals surface area contributed by atoms with Gasteiger partial charge in [0.2, 0.25) is 0 Å². The minimum atomic E-state index is 0.286. The minimum Gasteiger partial charge on any atom is -0.378 e. The molecular formula is C13H17ClN2O. The molecule has 92 valence electrons. The summed E-state index contributed by atoms with van der Waals surface area (Å²) >= 11 is 6.05. The molecule has 0 aromatic carbocycles. The Morgan fingerprint density at radius 2 is 2.12 bits per heavy atom. The van der Waals surface area contributed by atoms with E-state index >= 15 is 0 Å². The molecule has 17 heavy (non-hydrogen) atoms. The van der Waals surface area contributed by atoms with Gasteiger partial charge in [0.1, 0.15) is 11.0 Å². The van der Waals surface area contributed by atoms with Crippen molar-refractivity contribution in [2.75, 3.05) is 6.61 Å². The van der Waals surface area contributed by atoms with Gasteiger partial charge in [-0.05, 0) is 38.2 Å². The standard InChI is InChI=1S/C13H17ClN2O/c14-12-8-11(9-4-5-9)15-13(16-12)7-10-3-1-2-6-17-10/h8-10H,1-7H2. The summed E-state index contributed by atoms with van der Waals surface area (Å²) in [5.74, 6) is 1.48. The van der Waals surface area contributed by atoms with Crippen molar-refractivity contribution in [2.45, 2.75) is 50.5 Å². The predicted molar refractivity (Wildman–Crippen MR) is 66.3 cm³/mol. The fraction of sp³-hybridized carbons (Fsp3) is 0.692. The van der Waals surface area contributed by atoms with Gasteiger partial charge in [-0.25, -0.2) is 9.97 Å². The van der Waals surface area contributed by atoms with E-state index in [1.165, 1.54) is 25.7 Å². The molecule has 1 atom stereocenters. The van der Waals surface area contributed by atoms with Crippen LogP contribution in [0, 0.1) is 0 Å². The molecule has 3 rings (SSSR count). The summed E-state index contributed by atoms with van der Waals surface area (Å²) in [4.78, 5) is 8.93. The highest BCUT2D eigenvalue weighted by atomic mass is 35.5. The van der Waals surface area contributed by atoms with Gasteiger partial charge < -0.3 is 4.74 Å². The maximum atomic E-state index is 6.05. The van der Waals surface area contributed by atoms with Crippen LogP contribution in [0.15, 0.2) is 6.07 Å². The van der Waals surface area contributed by atoms with E-state index < -0.39 is 0 Å². The second-order valence-corrected chi connectivity index (χ2v) is 5.39. The van der Waals surface area contributed by atoms with Crippen LogP contribution >= 0.6 is 11.6 Å². The smallest absolute Gasteiger partial charge is 0.133 e. The summed E-state index contributed by atoms with van der Waals surface area (Å²) < 4.78 is 5.71. The molecule has 1 saturated carbocycles. The molecular weight excluding hydrogens is 236 g/mol. The van der Waals surface area contributed by atoms with Gasteiger partial charge in [-0.2, -0.15) is 0 Å². The Morgan fingerprint density at radius 3 is 2.82 bits per heavy atom. The summed E-state index contributed by atoms with van der Waals surface area (Å²) in [5.41, 5.74) is 1.12. The number of halogens is 1. The molecule has 0 spiro atoms. The highest BCUT2D eigenvalue weighted by Gasteiger charge is 2.26. The number of ether oxygens (including phenoxy) is 1. The molecule has 4 heteroatoms. The lowest BCUT2D eigenvalue weighted by Gasteiger charge is -2.21. The van der Waals surface area contributed by atoms with Crippen LogP contribution in [0.4, 0.5) is 0 Å². The highest BCUT2D eigenvalue weighted by molar-refractivity contribution is 6.29. The van der Waals surface area contributed by atoms with Gasteiger partial charge in [0.15, 0.2) is 0 Å². The summed E-state index contributed by atoms with van der Waals surface area (Å²) in [7, 11) is 0. The quantitative estimate of drug-likeness (QED) is 0.776. The number of rotatable bonds is 3. The lowest BCUT2D eigenvalue weighted by Crippen LogP contribution is -2.22. The van der Waals surface area contributed by atoms with E-state index in [9.17, 15) is 0 Å². The van der Waals surface area contributed by atoms with E-state index in [1.54, 1.807) is 0 Å². The Labute approximate surface area is 107 Å². The van der Waals surface area contributed by atoms with Crippen LogP contribution in [0.1, 0.15) is 49.5 Å². The fourth-order valence-corrected chi connectivity index (χ4v) is 2.54. The Bertz CT molecular complexity index is 400. The average Bonchev–Trinajstić information content (AvgIpc) is 3.13. The molecule has 2 aliphatic rings. The Morgan fingerprint density at radius 1 is 1.24 bits per heavy atom. The van der Waals surface area contributed by atoms with E-state index in [1.807, 2.05) is 6.07 Å². The molecule has 2 fully saturated rings. The molecule has 0 bridgehead atoms. The molecule has 0 amide bonds. The maximum Gasteiger partial charge on any atom is 0.133 e. The third-order valence-corrected chi connectivity index (χ3v) is 3.63. The number of nitrogens with zero attached hydrogens (tertiary/aromatic N) is 2. The van der Waals surface area contributed by atoms with Crippen LogP contribution < -0.4 is 0 Å². The largest absolute Gasteiger partial charge is 0.378 e. The van der Waals surface area contributed by atoms with E-state index in [0.29, 0.717) is 11.1 Å². The summed E-state index contributed by atoms with van der Waals surface area (Å²) in [6, 6.07) is 1.91. The van der Waals surface area contributed by atoms with Crippen LogP contribution in [-0.4, -0.2) is 22.7 Å². The van der Waals surface area contributed by atoms with Crippen LogP contribution in [0.2, 0.25) is 5.15 Å². The van der Waals surface area contributed by atoms with Crippen LogP contribution in [0.3, 0.4) is 0 Å². The Hall–Kier alpha value is -0.670. The molecule has 0 radical (unpaired) electrons. The topological polar surface area (TPSA) is 35.0 Å². The van der Waals surface area contributed by atoms with Crippen molar-refractivity contribution in [3.8, 4) is 0 Å². The second-order valence-electron chi connectivity index (χ2n) is 5.00. The average molecular weight is 253 g/mol. The SMILES string of the molecule is Clc1cc(C2CC2)nc(CC2CCCCO2)n1. The van der Waals surface area contributed by atoms with Crippen molar-refractivity contribution in [2.24, 2.45) is 0 Å². The van der Waals surface area contributed by atoms with Gasteiger partial charge >= 0.3 is 0 Å². The lowest BCUT2D eigenvalue weighted by atomic mass is 10.1. The third kappa shape index (κ3) is 2.96. The van der Waals surface area contributed by atoms with Gasteiger partial charge in [0, 0.05) is 24.6 Å². The van der Waals surface area contributed by atoms with Crippen molar-refractivity contribution in [3.05, 3.63) is 22.7 Å². The lowest BCUT2D eigenvalue weighted by molar-refractivity contribution is 0.0156. The van der Waals surface area contributed by atoms with Crippen LogP contribution in [0.5, 0.6) is 0 Å². The molecule has 1 aromatic heterocycles. The zero-order chi connectivity index (χ0) is 11.7. The molecule has 1 aliphatic heterocycles. The molecule has 1 unspecified atom stereocenters. The van der Waals surface area contributed by atoms with E-state index in [0.717, 1.165) is 31.0 Å². The molecule has 1 aromatic rings. The predicted octanol–water partition coefficient (Wildman–Crippen LogP) is 3.12. The zero-order valence-electron chi connectivity index (χ0n) is 9.86. The Kier molecular flexibility index (Phi) is 3.30. The molecule has 3 nitrogen and oxygen atoms in total.